The van der Waals surface area contributed by atoms with Crippen molar-refractivity contribution >= 4 is 23.3 Å². The van der Waals surface area contributed by atoms with Crippen molar-refractivity contribution in [1.82, 2.24) is 9.78 Å². The van der Waals surface area contributed by atoms with Crippen LogP contribution >= 0.6 is 11.8 Å². The second kappa shape index (κ2) is 5.30. The highest BCUT2D eigenvalue weighted by Crippen LogP contribution is 2.21. The Bertz CT molecular complexity index is 321. The standard InChI is InChI=1S/C10H20N4S/c1-7(6-15-4)5-12-10-9(11)8(2)13-14(10)3/h7,12H,5-6,11H2,1-4H3. The van der Waals surface area contributed by atoms with Crippen molar-refractivity contribution in [2.45, 2.75) is 13.8 Å². The number of anilines is 2. The number of nitrogens with one attached hydrogen (secondary N) is 1. The Balaban J connectivity index is 2.57. The molecule has 1 heterocycles. The monoisotopic (exact) mass is 228 g/mol. The highest BCUT2D eigenvalue weighted by Gasteiger charge is 2.10. The molecule has 0 bridgehead atoms. The van der Waals surface area contributed by atoms with Crippen LogP contribution in [0, 0.1) is 12.8 Å². The van der Waals surface area contributed by atoms with Gasteiger partial charge in [0.2, 0.25) is 0 Å². The number of rotatable bonds is 5. The zero-order valence-corrected chi connectivity index (χ0v) is 10.7. The van der Waals surface area contributed by atoms with E-state index in [4.69, 9.17) is 5.73 Å². The summed E-state index contributed by atoms with van der Waals surface area (Å²) in [5.74, 6) is 2.72. The summed E-state index contributed by atoms with van der Waals surface area (Å²) in [6.07, 6.45) is 2.12. The Morgan fingerprint density at radius 3 is 2.73 bits per heavy atom. The normalized spacial score (nSPS) is 12.8. The maximum absolute atomic E-state index is 5.91. The van der Waals surface area contributed by atoms with Crippen LogP contribution in [0.3, 0.4) is 0 Å². The van der Waals surface area contributed by atoms with E-state index in [0.29, 0.717) is 5.92 Å². The van der Waals surface area contributed by atoms with Crippen molar-refractivity contribution < 1.29 is 0 Å². The van der Waals surface area contributed by atoms with Crippen LogP contribution in [0.2, 0.25) is 0 Å². The van der Waals surface area contributed by atoms with Gasteiger partial charge in [-0.3, -0.25) is 4.68 Å². The van der Waals surface area contributed by atoms with Crippen LogP contribution in [0.4, 0.5) is 11.5 Å². The third kappa shape index (κ3) is 3.06. The molecule has 86 valence electrons. The van der Waals surface area contributed by atoms with Crippen molar-refractivity contribution in [3.8, 4) is 0 Å². The smallest absolute Gasteiger partial charge is 0.147 e. The lowest BCUT2D eigenvalue weighted by molar-refractivity contribution is 0.686. The van der Waals surface area contributed by atoms with Gasteiger partial charge in [-0.1, -0.05) is 6.92 Å². The molecule has 0 saturated heterocycles. The Morgan fingerprint density at radius 1 is 1.60 bits per heavy atom. The van der Waals surface area contributed by atoms with E-state index in [1.165, 1.54) is 0 Å². The van der Waals surface area contributed by atoms with E-state index in [-0.39, 0.29) is 0 Å². The first-order valence-corrected chi connectivity index (χ1v) is 6.47. The molecule has 0 aliphatic heterocycles. The summed E-state index contributed by atoms with van der Waals surface area (Å²) < 4.78 is 1.80. The van der Waals surface area contributed by atoms with Gasteiger partial charge in [0.1, 0.15) is 5.82 Å². The molecule has 1 unspecified atom stereocenters. The fourth-order valence-corrected chi connectivity index (χ4v) is 2.19. The minimum atomic E-state index is 0.634. The van der Waals surface area contributed by atoms with Crippen LogP contribution in [0.1, 0.15) is 12.6 Å². The molecule has 5 heteroatoms. The molecule has 0 aliphatic rings. The number of aryl methyl sites for hydroxylation is 2. The highest BCUT2D eigenvalue weighted by atomic mass is 32.2. The fourth-order valence-electron chi connectivity index (χ4n) is 1.50. The number of nitrogens with zero attached hydrogens (tertiary/aromatic N) is 2. The van der Waals surface area contributed by atoms with Gasteiger partial charge in [-0.2, -0.15) is 16.9 Å². The SMILES string of the molecule is CSCC(C)CNc1c(N)c(C)nn1C. The molecule has 0 spiro atoms. The number of nitrogen functional groups attached to an aromatic ring is 1. The highest BCUT2D eigenvalue weighted by molar-refractivity contribution is 7.98. The first-order valence-electron chi connectivity index (χ1n) is 5.08. The molecule has 15 heavy (non-hydrogen) atoms. The minimum absolute atomic E-state index is 0.634. The summed E-state index contributed by atoms with van der Waals surface area (Å²) in [5, 5.41) is 7.61. The molecule has 0 amide bonds. The van der Waals surface area contributed by atoms with E-state index in [9.17, 15) is 0 Å². The maximum atomic E-state index is 5.91. The lowest BCUT2D eigenvalue weighted by Crippen LogP contribution is -2.16. The molecule has 0 radical (unpaired) electrons. The molecule has 0 aromatic carbocycles. The molecule has 1 atom stereocenters. The number of thioether (sulfide) groups is 1. The van der Waals surface area contributed by atoms with Gasteiger partial charge in [-0.15, -0.1) is 0 Å². The van der Waals surface area contributed by atoms with Crippen LogP contribution in [0.5, 0.6) is 0 Å². The minimum Gasteiger partial charge on any atom is -0.394 e. The molecule has 0 saturated carbocycles. The van der Waals surface area contributed by atoms with Gasteiger partial charge in [0.05, 0.1) is 11.4 Å². The summed E-state index contributed by atoms with van der Waals surface area (Å²) in [6, 6.07) is 0. The van der Waals surface area contributed by atoms with Crippen LogP contribution in [-0.4, -0.2) is 28.3 Å². The quantitative estimate of drug-likeness (QED) is 0.806. The van der Waals surface area contributed by atoms with Gasteiger partial charge in [0.25, 0.3) is 0 Å². The van der Waals surface area contributed by atoms with E-state index in [1.54, 1.807) is 4.68 Å². The Labute approximate surface area is 95.6 Å². The third-order valence-electron chi connectivity index (χ3n) is 2.34. The lowest BCUT2D eigenvalue weighted by atomic mass is 10.2. The van der Waals surface area contributed by atoms with E-state index >= 15 is 0 Å². The van der Waals surface area contributed by atoms with Crippen LogP contribution in [-0.2, 0) is 7.05 Å². The van der Waals surface area contributed by atoms with Crippen molar-refractivity contribution in [1.29, 1.82) is 0 Å². The number of aromatic nitrogens is 2. The predicted octanol–water partition coefficient (Wildman–Crippen LogP) is 1.72. The van der Waals surface area contributed by atoms with E-state index in [0.717, 1.165) is 29.5 Å². The first-order chi connectivity index (χ1) is 7.06. The van der Waals surface area contributed by atoms with E-state index in [2.05, 4.69) is 23.6 Å². The topological polar surface area (TPSA) is 55.9 Å². The average Bonchev–Trinajstić information content (AvgIpc) is 2.40. The summed E-state index contributed by atoms with van der Waals surface area (Å²) in [4.78, 5) is 0. The average molecular weight is 228 g/mol. The van der Waals surface area contributed by atoms with Gasteiger partial charge in [-0.05, 0) is 24.9 Å². The van der Waals surface area contributed by atoms with Crippen molar-refractivity contribution in [3.63, 3.8) is 0 Å². The molecular weight excluding hydrogens is 208 g/mol. The molecule has 3 N–H and O–H groups in total. The van der Waals surface area contributed by atoms with Gasteiger partial charge in [-0.25, -0.2) is 0 Å². The molecule has 1 rings (SSSR count). The van der Waals surface area contributed by atoms with Crippen LogP contribution < -0.4 is 11.1 Å². The zero-order chi connectivity index (χ0) is 11.4. The molecular formula is C10H20N4S. The van der Waals surface area contributed by atoms with E-state index in [1.807, 2.05) is 25.7 Å². The molecule has 0 aliphatic carbocycles. The molecule has 1 aromatic rings. The summed E-state index contributed by atoms with van der Waals surface area (Å²) in [5.41, 5.74) is 7.56. The maximum Gasteiger partial charge on any atom is 0.147 e. The number of nitrogens with two attached hydrogens (primary N) is 1. The van der Waals surface area contributed by atoms with Crippen molar-refractivity contribution in [2.24, 2.45) is 13.0 Å². The first kappa shape index (κ1) is 12.2. The summed E-state index contributed by atoms with van der Waals surface area (Å²) in [7, 11) is 1.91. The Morgan fingerprint density at radius 2 is 2.27 bits per heavy atom. The van der Waals surface area contributed by atoms with Gasteiger partial charge in [0, 0.05) is 13.6 Å². The Hall–Kier alpha value is -0.840. The number of hydrogen-bond acceptors (Lipinski definition) is 4. The molecule has 4 nitrogen and oxygen atoms in total. The number of hydrogen-bond donors (Lipinski definition) is 2. The largest absolute Gasteiger partial charge is 0.394 e. The lowest BCUT2D eigenvalue weighted by Gasteiger charge is -2.12. The second-order valence-electron chi connectivity index (χ2n) is 3.91. The van der Waals surface area contributed by atoms with Crippen molar-refractivity contribution in [2.75, 3.05) is 29.6 Å². The summed E-state index contributed by atoms with van der Waals surface area (Å²) >= 11 is 1.86. The van der Waals surface area contributed by atoms with Gasteiger partial charge >= 0.3 is 0 Å². The van der Waals surface area contributed by atoms with E-state index < -0.39 is 0 Å². The second-order valence-corrected chi connectivity index (χ2v) is 4.82. The fraction of sp³-hybridized carbons (Fsp3) is 0.700. The van der Waals surface area contributed by atoms with Gasteiger partial charge < -0.3 is 11.1 Å². The van der Waals surface area contributed by atoms with Crippen molar-refractivity contribution in [3.05, 3.63) is 5.69 Å². The Kier molecular flexibility index (Phi) is 4.32. The zero-order valence-electron chi connectivity index (χ0n) is 9.87. The molecule has 1 aromatic heterocycles. The third-order valence-corrected chi connectivity index (χ3v) is 3.24. The van der Waals surface area contributed by atoms with Crippen LogP contribution in [0.25, 0.3) is 0 Å². The molecule has 0 fully saturated rings. The predicted molar refractivity (Wildman–Crippen MR) is 68.4 cm³/mol. The van der Waals surface area contributed by atoms with Gasteiger partial charge in [0.15, 0.2) is 0 Å². The van der Waals surface area contributed by atoms with Crippen LogP contribution in [0.15, 0.2) is 0 Å². The summed E-state index contributed by atoms with van der Waals surface area (Å²) in [6.45, 7) is 5.08.